The van der Waals surface area contributed by atoms with E-state index in [1.807, 2.05) is 28.5 Å². The summed E-state index contributed by atoms with van der Waals surface area (Å²) < 4.78 is 10.6. The van der Waals surface area contributed by atoms with Gasteiger partial charge in [-0.2, -0.15) is 0 Å². The minimum atomic E-state index is 0.191. The van der Waals surface area contributed by atoms with Gasteiger partial charge in [-0.1, -0.05) is 19.3 Å². The first-order chi connectivity index (χ1) is 12.7. The quantitative estimate of drug-likeness (QED) is 0.788. The summed E-state index contributed by atoms with van der Waals surface area (Å²) in [4.78, 5) is 19.3. The van der Waals surface area contributed by atoms with E-state index < -0.39 is 0 Å². The Morgan fingerprint density at radius 2 is 1.77 bits per heavy atom. The molecule has 1 aliphatic heterocycles. The molecular weight excluding hydrogens is 348 g/mol. The third kappa shape index (κ3) is 4.55. The predicted molar refractivity (Wildman–Crippen MR) is 104 cm³/mol. The number of ether oxygens (including phenoxy) is 2. The number of aromatic nitrogens is 1. The normalized spacial score (nSPS) is 15.2. The minimum Gasteiger partial charge on any atom is -0.493 e. The number of hydrogen-bond acceptors (Lipinski definition) is 5. The molecule has 1 aromatic carbocycles. The van der Waals surface area contributed by atoms with Gasteiger partial charge in [0.25, 0.3) is 0 Å². The Bertz CT molecular complexity index is 736. The molecule has 6 heteroatoms. The Balaban J connectivity index is 1.68. The van der Waals surface area contributed by atoms with E-state index in [1.165, 1.54) is 19.3 Å². The number of methoxy groups -OCH3 is 2. The van der Waals surface area contributed by atoms with Crippen molar-refractivity contribution in [1.29, 1.82) is 0 Å². The molecule has 0 N–H and O–H groups in total. The van der Waals surface area contributed by atoms with Crippen LogP contribution in [-0.2, 0) is 11.2 Å². The standard InChI is InChI=1S/C20H26N2O3S/c1-24-17-9-8-15(12-18(17)25-2)20-21-16(14-26-20)13-19(23)22-10-6-4-3-5-7-11-22/h8-9,12,14H,3-7,10-11,13H2,1-2H3. The van der Waals surface area contributed by atoms with Gasteiger partial charge in [-0.05, 0) is 31.0 Å². The van der Waals surface area contributed by atoms with Gasteiger partial charge in [0, 0.05) is 24.0 Å². The van der Waals surface area contributed by atoms with Crippen LogP contribution in [0.4, 0.5) is 0 Å². The Hall–Kier alpha value is -2.08. The molecule has 5 nitrogen and oxygen atoms in total. The van der Waals surface area contributed by atoms with E-state index in [-0.39, 0.29) is 5.91 Å². The highest BCUT2D eigenvalue weighted by Gasteiger charge is 2.17. The van der Waals surface area contributed by atoms with Crippen molar-refractivity contribution in [1.82, 2.24) is 9.88 Å². The molecular formula is C20H26N2O3S. The van der Waals surface area contributed by atoms with E-state index in [0.717, 1.165) is 42.2 Å². The molecule has 3 rings (SSSR count). The fraction of sp³-hybridized carbons (Fsp3) is 0.500. The van der Waals surface area contributed by atoms with Gasteiger partial charge in [0.05, 0.1) is 26.3 Å². The highest BCUT2D eigenvalue weighted by Crippen LogP contribution is 2.33. The van der Waals surface area contributed by atoms with Crippen LogP contribution in [0.3, 0.4) is 0 Å². The van der Waals surface area contributed by atoms with Crippen LogP contribution in [-0.4, -0.2) is 43.1 Å². The number of carbonyl (C=O) groups is 1. The second-order valence-electron chi connectivity index (χ2n) is 6.54. The summed E-state index contributed by atoms with van der Waals surface area (Å²) in [6.07, 6.45) is 6.35. The Morgan fingerprint density at radius 1 is 1.08 bits per heavy atom. The molecule has 0 radical (unpaired) electrons. The fourth-order valence-electron chi connectivity index (χ4n) is 3.25. The lowest BCUT2D eigenvalue weighted by Gasteiger charge is -2.24. The molecule has 1 aliphatic rings. The van der Waals surface area contributed by atoms with Gasteiger partial charge < -0.3 is 14.4 Å². The summed E-state index contributed by atoms with van der Waals surface area (Å²) >= 11 is 1.55. The predicted octanol–water partition coefficient (Wildman–Crippen LogP) is 4.16. The number of likely N-dealkylation sites (tertiary alicyclic amines) is 1. The molecule has 0 unspecified atom stereocenters. The molecule has 2 heterocycles. The maximum atomic E-state index is 12.6. The van der Waals surface area contributed by atoms with Gasteiger partial charge in [0.15, 0.2) is 11.5 Å². The number of carbonyl (C=O) groups excluding carboxylic acids is 1. The summed E-state index contributed by atoms with van der Waals surface area (Å²) in [6.45, 7) is 1.76. The van der Waals surface area contributed by atoms with E-state index in [2.05, 4.69) is 4.98 Å². The minimum absolute atomic E-state index is 0.191. The van der Waals surface area contributed by atoms with Gasteiger partial charge in [0.2, 0.25) is 5.91 Å². The zero-order valence-corrected chi connectivity index (χ0v) is 16.3. The number of benzene rings is 1. The van der Waals surface area contributed by atoms with Crippen molar-refractivity contribution in [3.05, 3.63) is 29.3 Å². The second-order valence-corrected chi connectivity index (χ2v) is 7.40. The van der Waals surface area contributed by atoms with E-state index in [1.54, 1.807) is 25.6 Å². The summed E-state index contributed by atoms with van der Waals surface area (Å²) in [6, 6.07) is 5.76. The maximum Gasteiger partial charge on any atom is 0.228 e. The Kier molecular flexibility index (Phi) is 6.50. The van der Waals surface area contributed by atoms with Crippen molar-refractivity contribution in [3.8, 4) is 22.1 Å². The summed E-state index contributed by atoms with van der Waals surface area (Å²) in [5.74, 6) is 1.56. The van der Waals surface area contributed by atoms with E-state index >= 15 is 0 Å². The maximum absolute atomic E-state index is 12.6. The van der Waals surface area contributed by atoms with Crippen molar-refractivity contribution < 1.29 is 14.3 Å². The molecule has 0 atom stereocenters. The second kappa shape index (κ2) is 9.03. The van der Waals surface area contributed by atoms with Crippen molar-refractivity contribution in [3.63, 3.8) is 0 Å². The summed E-state index contributed by atoms with van der Waals surface area (Å²) in [5, 5.41) is 2.87. The van der Waals surface area contributed by atoms with Crippen LogP contribution in [0.25, 0.3) is 10.6 Å². The van der Waals surface area contributed by atoms with Crippen LogP contribution in [0.5, 0.6) is 11.5 Å². The van der Waals surface area contributed by atoms with Gasteiger partial charge >= 0.3 is 0 Å². The molecule has 26 heavy (non-hydrogen) atoms. The monoisotopic (exact) mass is 374 g/mol. The summed E-state index contributed by atoms with van der Waals surface area (Å²) in [5.41, 5.74) is 1.81. The lowest BCUT2D eigenvalue weighted by Crippen LogP contribution is -2.34. The highest BCUT2D eigenvalue weighted by molar-refractivity contribution is 7.13. The van der Waals surface area contributed by atoms with Crippen LogP contribution in [0.15, 0.2) is 23.6 Å². The van der Waals surface area contributed by atoms with E-state index in [4.69, 9.17) is 9.47 Å². The van der Waals surface area contributed by atoms with Gasteiger partial charge in [-0.15, -0.1) is 11.3 Å². The van der Waals surface area contributed by atoms with Gasteiger partial charge in [-0.25, -0.2) is 4.98 Å². The Morgan fingerprint density at radius 3 is 2.46 bits per heavy atom. The van der Waals surface area contributed by atoms with Crippen LogP contribution in [0.2, 0.25) is 0 Å². The fourth-order valence-corrected chi connectivity index (χ4v) is 4.07. The van der Waals surface area contributed by atoms with Gasteiger partial charge in [-0.3, -0.25) is 4.79 Å². The molecule has 1 aromatic heterocycles. The zero-order chi connectivity index (χ0) is 18.4. The molecule has 1 amide bonds. The molecule has 1 saturated heterocycles. The number of hydrogen-bond donors (Lipinski definition) is 0. The largest absolute Gasteiger partial charge is 0.493 e. The molecule has 1 fully saturated rings. The van der Waals surface area contributed by atoms with Crippen molar-refractivity contribution in [2.24, 2.45) is 0 Å². The van der Waals surface area contributed by atoms with Crippen LogP contribution in [0.1, 0.15) is 37.8 Å². The topological polar surface area (TPSA) is 51.7 Å². The number of nitrogens with zero attached hydrogens (tertiary/aromatic N) is 2. The van der Waals surface area contributed by atoms with E-state index in [9.17, 15) is 4.79 Å². The molecule has 0 spiro atoms. The van der Waals surface area contributed by atoms with Crippen LogP contribution in [0, 0.1) is 0 Å². The molecule has 0 bridgehead atoms. The Labute approximate surface area is 159 Å². The first kappa shape index (κ1) is 18.7. The average Bonchev–Trinajstić information content (AvgIpc) is 3.09. The van der Waals surface area contributed by atoms with Crippen molar-refractivity contribution in [2.75, 3.05) is 27.3 Å². The third-order valence-electron chi connectivity index (χ3n) is 4.72. The molecule has 2 aromatic rings. The van der Waals surface area contributed by atoms with Gasteiger partial charge in [0.1, 0.15) is 5.01 Å². The SMILES string of the molecule is COc1ccc(-c2nc(CC(=O)N3CCCCCCC3)cs2)cc1OC. The lowest BCUT2D eigenvalue weighted by molar-refractivity contribution is -0.130. The number of thiazole rings is 1. The van der Waals surface area contributed by atoms with E-state index in [0.29, 0.717) is 17.9 Å². The molecule has 140 valence electrons. The number of rotatable bonds is 5. The molecule has 0 aliphatic carbocycles. The third-order valence-corrected chi connectivity index (χ3v) is 5.66. The summed E-state index contributed by atoms with van der Waals surface area (Å²) in [7, 11) is 3.24. The highest BCUT2D eigenvalue weighted by atomic mass is 32.1. The first-order valence-electron chi connectivity index (χ1n) is 9.16. The zero-order valence-electron chi connectivity index (χ0n) is 15.5. The lowest BCUT2D eigenvalue weighted by atomic mass is 10.1. The van der Waals surface area contributed by atoms with Crippen LogP contribution >= 0.6 is 11.3 Å². The first-order valence-corrected chi connectivity index (χ1v) is 10.0. The smallest absolute Gasteiger partial charge is 0.228 e. The average molecular weight is 375 g/mol. The van der Waals surface area contributed by atoms with Crippen LogP contribution < -0.4 is 9.47 Å². The van der Waals surface area contributed by atoms with Crippen molar-refractivity contribution in [2.45, 2.75) is 38.5 Å². The van der Waals surface area contributed by atoms with Crippen molar-refractivity contribution >= 4 is 17.2 Å². The molecule has 0 saturated carbocycles. The number of amides is 1.